The van der Waals surface area contributed by atoms with E-state index in [0.29, 0.717) is 23.8 Å². The van der Waals surface area contributed by atoms with Gasteiger partial charge in [-0.1, -0.05) is 48.0 Å². The second-order valence-corrected chi connectivity index (χ2v) is 8.13. The Balaban J connectivity index is 1.47. The number of hydrogen-bond acceptors (Lipinski definition) is 5. The lowest BCUT2D eigenvalue weighted by molar-refractivity contribution is -0.384. The standard InChI is InChI=1S/C24H22ClN3O4/c25-20-8-5-17(6-9-20)21-4-2-1-3-19(21)16-26-11-13-27(14-12-26)22-10-7-18(24(29)30)15-23(22)28(31)32/h1-10,15H,11-14,16H2,(H,29,30). The smallest absolute Gasteiger partial charge is 0.335 e. The molecule has 0 aromatic heterocycles. The fraction of sp³-hybridized carbons (Fsp3) is 0.208. The molecule has 0 spiro atoms. The lowest BCUT2D eigenvalue weighted by atomic mass is 9.99. The second kappa shape index (κ2) is 9.38. The van der Waals surface area contributed by atoms with Crippen molar-refractivity contribution >= 4 is 28.9 Å². The highest BCUT2D eigenvalue weighted by atomic mass is 35.5. The summed E-state index contributed by atoms with van der Waals surface area (Å²) in [6.45, 7) is 3.50. The first-order valence-electron chi connectivity index (χ1n) is 10.3. The topological polar surface area (TPSA) is 86.9 Å². The lowest BCUT2D eigenvalue weighted by Gasteiger charge is -2.36. The van der Waals surface area contributed by atoms with Crippen LogP contribution in [-0.4, -0.2) is 47.1 Å². The third kappa shape index (κ3) is 4.74. The number of carbonyl (C=O) groups is 1. The Morgan fingerprint density at radius 2 is 1.69 bits per heavy atom. The number of carboxylic acid groups (broad SMARTS) is 1. The summed E-state index contributed by atoms with van der Waals surface area (Å²) in [5, 5.41) is 21.3. The molecule has 32 heavy (non-hydrogen) atoms. The van der Waals surface area contributed by atoms with E-state index in [0.717, 1.165) is 36.8 Å². The van der Waals surface area contributed by atoms with Crippen LogP contribution in [0.25, 0.3) is 11.1 Å². The molecule has 8 heteroatoms. The van der Waals surface area contributed by atoms with Crippen molar-refractivity contribution in [2.45, 2.75) is 6.54 Å². The van der Waals surface area contributed by atoms with Crippen molar-refractivity contribution in [2.24, 2.45) is 0 Å². The van der Waals surface area contributed by atoms with Gasteiger partial charge >= 0.3 is 5.97 Å². The number of benzene rings is 3. The zero-order valence-corrected chi connectivity index (χ0v) is 18.0. The van der Waals surface area contributed by atoms with Crippen molar-refractivity contribution in [3.63, 3.8) is 0 Å². The molecule has 4 rings (SSSR count). The van der Waals surface area contributed by atoms with Crippen molar-refractivity contribution in [3.8, 4) is 11.1 Å². The van der Waals surface area contributed by atoms with Crippen LogP contribution in [0.2, 0.25) is 5.02 Å². The van der Waals surface area contributed by atoms with Gasteiger partial charge in [0.05, 0.1) is 10.5 Å². The van der Waals surface area contributed by atoms with E-state index in [4.69, 9.17) is 16.7 Å². The maximum absolute atomic E-state index is 11.5. The molecule has 164 valence electrons. The zero-order chi connectivity index (χ0) is 22.7. The molecular weight excluding hydrogens is 430 g/mol. The van der Waals surface area contributed by atoms with Gasteiger partial charge in [0.25, 0.3) is 5.69 Å². The average Bonchev–Trinajstić information content (AvgIpc) is 2.80. The van der Waals surface area contributed by atoms with Crippen LogP contribution in [0.1, 0.15) is 15.9 Å². The monoisotopic (exact) mass is 451 g/mol. The number of nitrogens with zero attached hydrogens (tertiary/aromatic N) is 3. The van der Waals surface area contributed by atoms with Crippen molar-refractivity contribution in [1.29, 1.82) is 0 Å². The fourth-order valence-corrected chi connectivity index (χ4v) is 4.15. The van der Waals surface area contributed by atoms with Crippen molar-refractivity contribution in [3.05, 3.63) is 93.0 Å². The fourth-order valence-electron chi connectivity index (χ4n) is 4.03. The number of nitro groups is 1. The molecule has 0 radical (unpaired) electrons. The van der Waals surface area contributed by atoms with E-state index in [1.807, 2.05) is 41.3 Å². The van der Waals surface area contributed by atoms with Crippen LogP contribution in [0, 0.1) is 10.1 Å². The van der Waals surface area contributed by atoms with Crippen LogP contribution in [0.3, 0.4) is 0 Å². The number of anilines is 1. The number of aromatic carboxylic acids is 1. The minimum Gasteiger partial charge on any atom is -0.478 e. The van der Waals surface area contributed by atoms with E-state index < -0.39 is 10.9 Å². The number of carboxylic acids is 1. The molecule has 1 saturated heterocycles. The largest absolute Gasteiger partial charge is 0.478 e. The van der Waals surface area contributed by atoms with Gasteiger partial charge in [-0.25, -0.2) is 4.79 Å². The second-order valence-electron chi connectivity index (χ2n) is 7.69. The van der Waals surface area contributed by atoms with E-state index in [2.05, 4.69) is 17.0 Å². The van der Waals surface area contributed by atoms with E-state index in [1.54, 1.807) is 0 Å². The highest BCUT2D eigenvalue weighted by Gasteiger charge is 2.25. The molecule has 7 nitrogen and oxygen atoms in total. The molecule has 1 heterocycles. The van der Waals surface area contributed by atoms with Gasteiger partial charge in [-0.3, -0.25) is 15.0 Å². The first kappa shape index (κ1) is 21.8. The van der Waals surface area contributed by atoms with Gasteiger partial charge in [-0.05, 0) is 41.0 Å². The summed E-state index contributed by atoms with van der Waals surface area (Å²) in [4.78, 5) is 26.4. The molecule has 1 fully saturated rings. The van der Waals surface area contributed by atoms with E-state index in [9.17, 15) is 14.9 Å². The molecule has 0 bridgehead atoms. The van der Waals surface area contributed by atoms with Crippen LogP contribution in [-0.2, 0) is 6.54 Å². The van der Waals surface area contributed by atoms with Gasteiger partial charge in [0.15, 0.2) is 0 Å². The Kier molecular flexibility index (Phi) is 6.39. The summed E-state index contributed by atoms with van der Waals surface area (Å²) < 4.78 is 0. The molecule has 0 saturated carbocycles. The van der Waals surface area contributed by atoms with Crippen molar-refractivity contribution < 1.29 is 14.8 Å². The molecule has 3 aromatic carbocycles. The number of halogens is 1. The summed E-state index contributed by atoms with van der Waals surface area (Å²) in [5.41, 5.74) is 3.68. The van der Waals surface area contributed by atoms with Gasteiger partial charge in [0.1, 0.15) is 5.69 Å². The number of hydrogen-bond donors (Lipinski definition) is 1. The van der Waals surface area contributed by atoms with Gasteiger partial charge in [-0.15, -0.1) is 0 Å². The van der Waals surface area contributed by atoms with Crippen LogP contribution in [0.5, 0.6) is 0 Å². The normalized spacial score (nSPS) is 14.3. The maximum Gasteiger partial charge on any atom is 0.335 e. The SMILES string of the molecule is O=C(O)c1ccc(N2CCN(Cc3ccccc3-c3ccc(Cl)cc3)CC2)c([N+](=O)[O-])c1. The first-order valence-corrected chi connectivity index (χ1v) is 10.6. The maximum atomic E-state index is 11.5. The first-order chi connectivity index (χ1) is 15.4. The number of nitro benzene ring substituents is 1. The Bertz CT molecular complexity index is 1140. The predicted molar refractivity (Wildman–Crippen MR) is 124 cm³/mol. The van der Waals surface area contributed by atoms with E-state index in [1.165, 1.54) is 17.7 Å². The highest BCUT2D eigenvalue weighted by Crippen LogP contribution is 2.31. The van der Waals surface area contributed by atoms with Crippen molar-refractivity contribution in [1.82, 2.24) is 4.90 Å². The number of rotatable bonds is 6. The minimum absolute atomic E-state index is 0.0853. The summed E-state index contributed by atoms with van der Waals surface area (Å²) in [6, 6.07) is 20.1. The molecular formula is C24H22ClN3O4. The molecule has 0 unspecified atom stereocenters. The molecule has 0 amide bonds. The van der Waals surface area contributed by atoms with Crippen molar-refractivity contribution in [2.75, 3.05) is 31.1 Å². The van der Waals surface area contributed by atoms with Crippen LogP contribution < -0.4 is 4.90 Å². The molecule has 1 aliphatic heterocycles. The summed E-state index contributed by atoms with van der Waals surface area (Å²) in [6.07, 6.45) is 0. The van der Waals surface area contributed by atoms with Crippen LogP contribution >= 0.6 is 11.6 Å². The predicted octanol–water partition coefficient (Wildman–Crippen LogP) is 4.94. The van der Waals surface area contributed by atoms with E-state index >= 15 is 0 Å². The molecule has 1 N–H and O–H groups in total. The van der Waals surface area contributed by atoms with Gasteiger partial charge in [0.2, 0.25) is 0 Å². The van der Waals surface area contributed by atoms with Crippen LogP contribution in [0.4, 0.5) is 11.4 Å². The highest BCUT2D eigenvalue weighted by molar-refractivity contribution is 6.30. The molecule has 1 aliphatic rings. The Morgan fingerprint density at radius 1 is 1.00 bits per heavy atom. The van der Waals surface area contributed by atoms with Crippen LogP contribution in [0.15, 0.2) is 66.7 Å². The lowest BCUT2D eigenvalue weighted by Crippen LogP contribution is -2.46. The van der Waals surface area contributed by atoms with Gasteiger partial charge in [0, 0.05) is 43.8 Å². The Labute approximate surface area is 190 Å². The van der Waals surface area contributed by atoms with Gasteiger partial charge in [-0.2, -0.15) is 0 Å². The number of piperazine rings is 1. The zero-order valence-electron chi connectivity index (χ0n) is 17.3. The summed E-state index contributed by atoms with van der Waals surface area (Å²) in [5.74, 6) is -1.18. The van der Waals surface area contributed by atoms with E-state index in [-0.39, 0.29) is 11.3 Å². The molecule has 0 aliphatic carbocycles. The third-order valence-corrected chi connectivity index (χ3v) is 5.95. The minimum atomic E-state index is -1.18. The quantitative estimate of drug-likeness (QED) is 0.422. The third-order valence-electron chi connectivity index (χ3n) is 5.70. The Morgan fingerprint density at radius 3 is 2.34 bits per heavy atom. The molecule has 0 atom stereocenters. The average molecular weight is 452 g/mol. The summed E-state index contributed by atoms with van der Waals surface area (Å²) in [7, 11) is 0. The van der Waals surface area contributed by atoms with Gasteiger partial charge < -0.3 is 10.0 Å². The summed E-state index contributed by atoms with van der Waals surface area (Å²) >= 11 is 6.03. The molecule has 3 aromatic rings. The Hall–Kier alpha value is -3.42.